The van der Waals surface area contributed by atoms with Crippen molar-refractivity contribution >= 4 is 16.8 Å². The zero-order chi connectivity index (χ0) is 15.7. The first-order valence-electron chi connectivity index (χ1n) is 7.10. The van der Waals surface area contributed by atoms with Gasteiger partial charge in [0.05, 0.1) is 6.54 Å². The molecule has 0 saturated carbocycles. The van der Waals surface area contributed by atoms with Gasteiger partial charge in [-0.1, -0.05) is 19.1 Å². The number of hydrogen-bond donors (Lipinski definition) is 2. The minimum absolute atomic E-state index is 0.0000814. The quantitative estimate of drug-likeness (QED) is 0.773. The standard InChI is InChI=1S/C16H17N3O3/c1-3-10-8-12(16(21)19(2)15(10)20)17-9-14-18-11-6-4-5-7-13(11)22-14/h4-8,17,20H,3,9H2,1-2H3. The van der Waals surface area contributed by atoms with Crippen LogP contribution >= 0.6 is 0 Å². The van der Waals surface area contributed by atoms with Gasteiger partial charge >= 0.3 is 0 Å². The average Bonchev–Trinajstić information content (AvgIpc) is 2.95. The van der Waals surface area contributed by atoms with Gasteiger partial charge in [0.2, 0.25) is 5.89 Å². The molecule has 22 heavy (non-hydrogen) atoms. The maximum absolute atomic E-state index is 12.1. The molecule has 0 fully saturated rings. The molecule has 0 radical (unpaired) electrons. The van der Waals surface area contributed by atoms with Crippen molar-refractivity contribution in [2.24, 2.45) is 7.05 Å². The molecule has 0 unspecified atom stereocenters. The van der Waals surface area contributed by atoms with E-state index in [0.717, 1.165) is 5.52 Å². The highest BCUT2D eigenvalue weighted by atomic mass is 16.3. The number of fused-ring (bicyclic) bond motifs is 1. The van der Waals surface area contributed by atoms with Crippen LogP contribution in [0, 0.1) is 0 Å². The molecule has 2 heterocycles. The van der Waals surface area contributed by atoms with E-state index in [1.54, 1.807) is 13.1 Å². The monoisotopic (exact) mass is 299 g/mol. The normalized spacial score (nSPS) is 11.0. The Morgan fingerprint density at radius 3 is 2.86 bits per heavy atom. The summed E-state index contributed by atoms with van der Waals surface area (Å²) in [6.07, 6.45) is 0.636. The molecule has 2 aromatic heterocycles. The number of hydrogen-bond acceptors (Lipinski definition) is 5. The fraction of sp³-hybridized carbons (Fsp3) is 0.250. The van der Waals surface area contributed by atoms with Crippen LogP contribution in [0.5, 0.6) is 5.88 Å². The van der Waals surface area contributed by atoms with Crippen LogP contribution in [0.3, 0.4) is 0 Å². The van der Waals surface area contributed by atoms with Gasteiger partial charge in [-0.25, -0.2) is 4.98 Å². The molecule has 2 N–H and O–H groups in total. The zero-order valence-corrected chi connectivity index (χ0v) is 12.5. The largest absolute Gasteiger partial charge is 0.494 e. The molecule has 3 rings (SSSR count). The number of aromatic hydroxyl groups is 1. The molecule has 0 saturated heterocycles. The highest BCUT2D eigenvalue weighted by Crippen LogP contribution is 2.19. The van der Waals surface area contributed by atoms with Crippen molar-refractivity contribution in [1.29, 1.82) is 0 Å². The van der Waals surface area contributed by atoms with Gasteiger partial charge in [-0.05, 0) is 24.6 Å². The summed E-state index contributed by atoms with van der Waals surface area (Å²) in [4.78, 5) is 16.5. The summed E-state index contributed by atoms with van der Waals surface area (Å²) < 4.78 is 6.84. The van der Waals surface area contributed by atoms with E-state index >= 15 is 0 Å². The minimum atomic E-state index is -0.286. The summed E-state index contributed by atoms with van der Waals surface area (Å²) in [5.74, 6) is 0.509. The lowest BCUT2D eigenvalue weighted by atomic mass is 10.2. The van der Waals surface area contributed by atoms with E-state index in [1.807, 2.05) is 31.2 Å². The zero-order valence-electron chi connectivity index (χ0n) is 12.5. The summed E-state index contributed by atoms with van der Waals surface area (Å²) in [5.41, 5.74) is 2.34. The number of nitrogens with zero attached hydrogens (tertiary/aromatic N) is 2. The summed E-state index contributed by atoms with van der Waals surface area (Å²) in [6, 6.07) is 9.16. The molecule has 3 aromatic rings. The lowest BCUT2D eigenvalue weighted by molar-refractivity contribution is 0.417. The van der Waals surface area contributed by atoms with Crippen LogP contribution in [0.25, 0.3) is 11.1 Å². The summed E-state index contributed by atoms with van der Waals surface area (Å²) in [6.45, 7) is 2.22. The van der Waals surface area contributed by atoms with E-state index in [4.69, 9.17) is 4.42 Å². The maximum Gasteiger partial charge on any atom is 0.276 e. The first kappa shape index (κ1) is 14.2. The van der Waals surface area contributed by atoms with Crippen LogP contribution in [0.15, 0.2) is 39.5 Å². The number of pyridine rings is 1. The molecule has 6 nitrogen and oxygen atoms in total. The van der Waals surface area contributed by atoms with Crippen LogP contribution < -0.4 is 10.9 Å². The van der Waals surface area contributed by atoms with Crippen molar-refractivity contribution < 1.29 is 9.52 Å². The van der Waals surface area contributed by atoms with Crippen LogP contribution in [0.1, 0.15) is 18.4 Å². The highest BCUT2D eigenvalue weighted by Gasteiger charge is 2.11. The second-order valence-corrected chi connectivity index (χ2v) is 5.05. The van der Waals surface area contributed by atoms with E-state index in [1.165, 1.54) is 4.57 Å². The lowest BCUT2D eigenvalue weighted by Gasteiger charge is -2.11. The number of para-hydroxylation sites is 2. The van der Waals surface area contributed by atoms with E-state index in [-0.39, 0.29) is 11.4 Å². The van der Waals surface area contributed by atoms with Gasteiger partial charge in [0.15, 0.2) is 11.5 Å². The topological polar surface area (TPSA) is 80.3 Å². The van der Waals surface area contributed by atoms with Crippen molar-refractivity contribution in [3.63, 3.8) is 0 Å². The predicted molar refractivity (Wildman–Crippen MR) is 84.1 cm³/mol. The smallest absolute Gasteiger partial charge is 0.276 e. The minimum Gasteiger partial charge on any atom is -0.494 e. The second-order valence-electron chi connectivity index (χ2n) is 5.05. The van der Waals surface area contributed by atoms with E-state index < -0.39 is 0 Å². The molecule has 0 aliphatic carbocycles. The Bertz CT molecular complexity index is 847. The first-order chi connectivity index (χ1) is 10.6. The molecular formula is C16H17N3O3. The fourth-order valence-corrected chi connectivity index (χ4v) is 2.35. The Labute approximate surface area is 127 Å². The number of benzene rings is 1. The van der Waals surface area contributed by atoms with Gasteiger partial charge < -0.3 is 14.8 Å². The third-order valence-electron chi connectivity index (χ3n) is 3.61. The van der Waals surface area contributed by atoms with Gasteiger partial charge in [0.1, 0.15) is 11.2 Å². The molecule has 0 atom stereocenters. The summed E-state index contributed by atoms with van der Waals surface area (Å²) in [7, 11) is 1.54. The van der Waals surface area contributed by atoms with Crippen molar-refractivity contribution in [2.45, 2.75) is 19.9 Å². The number of rotatable bonds is 4. The Morgan fingerprint density at radius 1 is 1.36 bits per heavy atom. The Kier molecular flexibility index (Phi) is 3.58. The third kappa shape index (κ3) is 2.43. The molecule has 6 heteroatoms. The van der Waals surface area contributed by atoms with Crippen LogP contribution in [-0.4, -0.2) is 14.7 Å². The van der Waals surface area contributed by atoms with E-state index in [9.17, 15) is 9.90 Å². The number of aromatic nitrogens is 2. The first-order valence-corrected chi connectivity index (χ1v) is 7.10. The average molecular weight is 299 g/mol. The molecule has 1 aromatic carbocycles. The van der Waals surface area contributed by atoms with Crippen LogP contribution in [-0.2, 0) is 20.0 Å². The van der Waals surface area contributed by atoms with Gasteiger partial charge in [0.25, 0.3) is 5.56 Å². The van der Waals surface area contributed by atoms with Gasteiger partial charge in [0, 0.05) is 12.6 Å². The van der Waals surface area contributed by atoms with Crippen molar-refractivity contribution in [3.8, 4) is 5.88 Å². The molecule has 0 amide bonds. The SMILES string of the molecule is CCc1cc(NCc2nc3ccccc3o2)c(=O)n(C)c1O. The molecule has 0 aliphatic heterocycles. The number of anilines is 1. The number of aryl methyl sites for hydroxylation is 1. The maximum atomic E-state index is 12.1. The van der Waals surface area contributed by atoms with Gasteiger partial charge in [-0.3, -0.25) is 9.36 Å². The molecular weight excluding hydrogens is 282 g/mol. The fourth-order valence-electron chi connectivity index (χ4n) is 2.35. The third-order valence-corrected chi connectivity index (χ3v) is 3.61. The Morgan fingerprint density at radius 2 is 2.14 bits per heavy atom. The van der Waals surface area contributed by atoms with Crippen molar-refractivity contribution in [2.75, 3.05) is 5.32 Å². The van der Waals surface area contributed by atoms with Gasteiger partial charge in [-0.15, -0.1) is 0 Å². The van der Waals surface area contributed by atoms with E-state index in [0.29, 0.717) is 35.7 Å². The molecule has 0 bridgehead atoms. The Balaban J connectivity index is 1.87. The second kappa shape index (κ2) is 5.55. The predicted octanol–water partition coefficient (Wildman–Crippen LogP) is 2.41. The Hall–Kier alpha value is -2.76. The number of oxazole rings is 1. The van der Waals surface area contributed by atoms with Crippen molar-refractivity contribution in [1.82, 2.24) is 9.55 Å². The molecule has 0 aliphatic rings. The summed E-state index contributed by atoms with van der Waals surface area (Å²) in [5, 5.41) is 12.9. The number of nitrogens with one attached hydrogen (secondary N) is 1. The van der Waals surface area contributed by atoms with Gasteiger partial charge in [-0.2, -0.15) is 0 Å². The lowest BCUT2D eigenvalue weighted by Crippen LogP contribution is -2.22. The van der Waals surface area contributed by atoms with Crippen LogP contribution in [0.2, 0.25) is 0 Å². The summed E-state index contributed by atoms with van der Waals surface area (Å²) >= 11 is 0. The molecule has 114 valence electrons. The van der Waals surface area contributed by atoms with Crippen molar-refractivity contribution in [3.05, 3.63) is 52.1 Å². The van der Waals surface area contributed by atoms with Crippen LogP contribution in [0.4, 0.5) is 5.69 Å². The van der Waals surface area contributed by atoms with E-state index in [2.05, 4.69) is 10.3 Å². The highest BCUT2D eigenvalue weighted by molar-refractivity contribution is 5.72. The molecule has 0 spiro atoms.